The van der Waals surface area contributed by atoms with Crippen LogP contribution in [0.3, 0.4) is 0 Å². The van der Waals surface area contributed by atoms with Gasteiger partial charge in [-0.05, 0) is 47.9 Å². The minimum Gasteiger partial charge on any atom is -0.384 e. The number of rotatable bonds is 2. The number of aliphatic hydroxyl groups excluding tert-OH is 1. The van der Waals surface area contributed by atoms with E-state index in [0.29, 0.717) is 21.2 Å². The molecule has 0 spiro atoms. The van der Waals surface area contributed by atoms with E-state index in [0.717, 1.165) is 0 Å². The summed E-state index contributed by atoms with van der Waals surface area (Å²) in [5.74, 6) is -0.840. The molecule has 0 fully saturated rings. The molecule has 0 aliphatic heterocycles. The smallest absolute Gasteiger partial charge is 0.126 e. The van der Waals surface area contributed by atoms with Gasteiger partial charge in [0.25, 0.3) is 0 Å². The van der Waals surface area contributed by atoms with Crippen molar-refractivity contribution in [2.75, 3.05) is 0 Å². The van der Waals surface area contributed by atoms with Gasteiger partial charge in [0.05, 0.1) is 0 Å². The van der Waals surface area contributed by atoms with E-state index in [-0.39, 0.29) is 5.82 Å². The fourth-order valence-corrected chi connectivity index (χ4v) is 2.19. The van der Waals surface area contributed by atoms with E-state index in [1.165, 1.54) is 18.2 Å². The number of aryl methyl sites for hydroxylation is 1. The van der Waals surface area contributed by atoms with Gasteiger partial charge in [0.2, 0.25) is 0 Å². The summed E-state index contributed by atoms with van der Waals surface area (Å²) >= 11 is 3.15. The van der Waals surface area contributed by atoms with Gasteiger partial charge in [-0.25, -0.2) is 8.78 Å². The van der Waals surface area contributed by atoms with Crippen molar-refractivity contribution < 1.29 is 13.9 Å². The molecule has 1 atom stereocenters. The highest BCUT2D eigenvalue weighted by atomic mass is 79.9. The highest BCUT2D eigenvalue weighted by Gasteiger charge is 2.13. The van der Waals surface area contributed by atoms with Crippen LogP contribution in [0.2, 0.25) is 0 Å². The maximum absolute atomic E-state index is 13.4. The van der Waals surface area contributed by atoms with E-state index in [4.69, 9.17) is 0 Å². The summed E-state index contributed by atoms with van der Waals surface area (Å²) < 4.78 is 27.2. The lowest BCUT2D eigenvalue weighted by Gasteiger charge is -2.13. The standard InChI is InChI=1S/C14H11BrF2O/c1-8-2-3-9(6-13(8)17)14(18)10-4-11(15)7-12(16)5-10/h2-7,14,18H,1H3. The maximum Gasteiger partial charge on any atom is 0.126 e. The Labute approximate surface area is 112 Å². The summed E-state index contributed by atoms with van der Waals surface area (Å²) in [6.07, 6.45) is -1.05. The topological polar surface area (TPSA) is 20.2 Å². The van der Waals surface area contributed by atoms with Crippen molar-refractivity contribution in [1.82, 2.24) is 0 Å². The molecule has 0 aromatic heterocycles. The third-order valence-electron chi connectivity index (χ3n) is 2.71. The monoisotopic (exact) mass is 312 g/mol. The Hall–Kier alpha value is -1.26. The van der Waals surface area contributed by atoms with Gasteiger partial charge in [0.15, 0.2) is 0 Å². The molecular formula is C14H11BrF2O. The van der Waals surface area contributed by atoms with E-state index >= 15 is 0 Å². The fourth-order valence-electron chi connectivity index (χ4n) is 1.70. The Balaban J connectivity index is 2.40. The predicted octanol–water partition coefficient (Wildman–Crippen LogP) is 4.12. The predicted molar refractivity (Wildman–Crippen MR) is 69.3 cm³/mol. The highest BCUT2D eigenvalue weighted by molar-refractivity contribution is 9.10. The molecule has 0 bridgehead atoms. The fraction of sp³-hybridized carbons (Fsp3) is 0.143. The molecule has 2 aromatic rings. The van der Waals surface area contributed by atoms with Crippen LogP contribution < -0.4 is 0 Å². The second-order valence-electron chi connectivity index (χ2n) is 4.11. The third-order valence-corrected chi connectivity index (χ3v) is 3.17. The van der Waals surface area contributed by atoms with Crippen molar-refractivity contribution in [2.45, 2.75) is 13.0 Å². The highest BCUT2D eigenvalue weighted by Crippen LogP contribution is 2.26. The minimum atomic E-state index is -1.05. The van der Waals surface area contributed by atoms with Gasteiger partial charge >= 0.3 is 0 Å². The number of aliphatic hydroxyl groups is 1. The van der Waals surface area contributed by atoms with Crippen LogP contribution in [0, 0.1) is 18.6 Å². The SMILES string of the molecule is Cc1ccc(C(O)c2cc(F)cc(Br)c2)cc1F. The lowest BCUT2D eigenvalue weighted by Crippen LogP contribution is -2.01. The summed E-state index contributed by atoms with van der Waals surface area (Å²) in [4.78, 5) is 0. The number of hydrogen-bond donors (Lipinski definition) is 1. The number of halogens is 3. The molecule has 1 unspecified atom stereocenters. The summed E-state index contributed by atoms with van der Waals surface area (Å²) in [5.41, 5.74) is 1.28. The van der Waals surface area contributed by atoms with Crippen molar-refractivity contribution in [2.24, 2.45) is 0 Å². The molecule has 0 amide bonds. The molecule has 18 heavy (non-hydrogen) atoms. The van der Waals surface area contributed by atoms with Crippen molar-refractivity contribution in [1.29, 1.82) is 0 Å². The average Bonchev–Trinajstić information content (AvgIpc) is 2.30. The average molecular weight is 313 g/mol. The zero-order valence-corrected chi connectivity index (χ0v) is 11.2. The van der Waals surface area contributed by atoms with Crippen molar-refractivity contribution in [3.63, 3.8) is 0 Å². The second kappa shape index (κ2) is 5.16. The quantitative estimate of drug-likeness (QED) is 0.884. The van der Waals surface area contributed by atoms with Crippen LogP contribution in [0.4, 0.5) is 8.78 Å². The van der Waals surface area contributed by atoms with E-state index in [1.807, 2.05) is 0 Å². The van der Waals surface area contributed by atoms with Gasteiger partial charge in [-0.1, -0.05) is 28.1 Å². The number of hydrogen-bond acceptors (Lipinski definition) is 1. The van der Waals surface area contributed by atoms with Gasteiger partial charge in [0, 0.05) is 4.47 Å². The Morgan fingerprint density at radius 2 is 1.78 bits per heavy atom. The largest absolute Gasteiger partial charge is 0.384 e. The minimum absolute atomic E-state index is 0.380. The maximum atomic E-state index is 13.4. The summed E-state index contributed by atoms with van der Waals surface area (Å²) in [6.45, 7) is 1.64. The van der Waals surface area contributed by atoms with E-state index in [2.05, 4.69) is 15.9 Å². The lowest BCUT2D eigenvalue weighted by atomic mass is 10.0. The zero-order valence-electron chi connectivity index (χ0n) is 9.62. The van der Waals surface area contributed by atoms with Crippen LogP contribution in [-0.2, 0) is 0 Å². The van der Waals surface area contributed by atoms with Gasteiger partial charge in [-0.2, -0.15) is 0 Å². The molecule has 0 aliphatic carbocycles. The molecule has 94 valence electrons. The molecule has 2 rings (SSSR count). The molecule has 2 aromatic carbocycles. The van der Waals surface area contributed by atoms with Gasteiger partial charge in [0.1, 0.15) is 17.7 Å². The molecule has 0 saturated carbocycles. The normalized spacial score (nSPS) is 12.5. The van der Waals surface area contributed by atoms with Crippen molar-refractivity contribution in [3.05, 3.63) is 69.2 Å². The van der Waals surface area contributed by atoms with Gasteiger partial charge < -0.3 is 5.11 Å². The summed E-state index contributed by atoms with van der Waals surface area (Å²) in [5, 5.41) is 10.1. The van der Waals surface area contributed by atoms with Crippen LogP contribution in [0.1, 0.15) is 22.8 Å². The first-order valence-corrected chi connectivity index (χ1v) is 6.17. The van der Waals surface area contributed by atoms with Crippen molar-refractivity contribution in [3.8, 4) is 0 Å². The molecule has 4 heteroatoms. The van der Waals surface area contributed by atoms with Crippen LogP contribution in [0.25, 0.3) is 0 Å². The zero-order chi connectivity index (χ0) is 13.3. The first kappa shape index (κ1) is 13.2. The molecule has 0 radical (unpaired) electrons. The third kappa shape index (κ3) is 2.76. The first-order chi connectivity index (χ1) is 8.47. The molecule has 1 nitrogen and oxygen atoms in total. The van der Waals surface area contributed by atoms with E-state index < -0.39 is 11.9 Å². The second-order valence-corrected chi connectivity index (χ2v) is 5.03. The Morgan fingerprint density at radius 1 is 1.06 bits per heavy atom. The van der Waals surface area contributed by atoms with Crippen LogP contribution >= 0.6 is 15.9 Å². The Kier molecular flexibility index (Phi) is 3.78. The molecule has 0 aliphatic rings. The Morgan fingerprint density at radius 3 is 2.39 bits per heavy atom. The molecule has 0 saturated heterocycles. The van der Waals surface area contributed by atoms with E-state index in [1.54, 1.807) is 25.1 Å². The molecular weight excluding hydrogens is 302 g/mol. The van der Waals surface area contributed by atoms with Gasteiger partial charge in [-0.3, -0.25) is 0 Å². The summed E-state index contributed by atoms with van der Waals surface area (Å²) in [6, 6.07) is 8.60. The summed E-state index contributed by atoms with van der Waals surface area (Å²) in [7, 11) is 0. The van der Waals surface area contributed by atoms with Crippen LogP contribution in [0.5, 0.6) is 0 Å². The van der Waals surface area contributed by atoms with Crippen LogP contribution in [-0.4, -0.2) is 5.11 Å². The molecule has 0 heterocycles. The van der Waals surface area contributed by atoms with Crippen molar-refractivity contribution >= 4 is 15.9 Å². The first-order valence-electron chi connectivity index (χ1n) is 5.37. The Bertz CT molecular complexity index is 564. The van der Waals surface area contributed by atoms with Crippen LogP contribution in [0.15, 0.2) is 40.9 Å². The number of benzene rings is 2. The van der Waals surface area contributed by atoms with E-state index in [9.17, 15) is 13.9 Å². The van der Waals surface area contributed by atoms with Gasteiger partial charge in [-0.15, -0.1) is 0 Å². The molecule has 1 N–H and O–H groups in total. The lowest BCUT2D eigenvalue weighted by molar-refractivity contribution is 0.219.